The quantitative estimate of drug-likeness (QED) is 0.627. The van der Waals surface area contributed by atoms with Crippen molar-refractivity contribution in [3.63, 3.8) is 0 Å². The minimum atomic E-state index is -0.430. The fraction of sp³-hybridized carbons (Fsp3) is 0.500. The molecular weight excluding hydrogens is 214 g/mol. The zero-order valence-corrected chi connectivity index (χ0v) is 8.71. The Morgan fingerprint density at radius 1 is 1.44 bits per heavy atom. The van der Waals surface area contributed by atoms with Crippen molar-refractivity contribution in [2.24, 2.45) is 0 Å². The summed E-state index contributed by atoms with van der Waals surface area (Å²) in [5.74, 6) is -0.605. The average molecular weight is 225 g/mol. The molecule has 0 saturated carbocycles. The SMILES string of the molecule is CN1CCN(C(=O)c2nonc2N)CC1=O. The van der Waals surface area contributed by atoms with E-state index < -0.39 is 5.91 Å². The summed E-state index contributed by atoms with van der Waals surface area (Å²) in [5, 5.41) is 6.72. The highest BCUT2D eigenvalue weighted by Gasteiger charge is 2.28. The van der Waals surface area contributed by atoms with Crippen molar-refractivity contribution in [3.8, 4) is 0 Å². The molecule has 1 aromatic rings. The van der Waals surface area contributed by atoms with Gasteiger partial charge in [-0.3, -0.25) is 9.59 Å². The van der Waals surface area contributed by atoms with E-state index in [0.29, 0.717) is 13.1 Å². The van der Waals surface area contributed by atoms with Gasteiger partial charge < -0.3 is 15.5 Å². The highest BCUT2D eigenvalue weighted by Crippen LogP contribution is 2.10. The Kier molecular flexibility index (Phi) is 2.47. The molecule has 1 aromatic heterocycles. The van der Waals surface area contributed by atoms with Crippen LogP contribution in [0.25, 0.3) is 0 Å². The summed E-state index contributed by atoms with van der Waals surface area (Å²) in [6.45, 7) is 0.977. The summed E-state index contributed by atoms with van der Waals surface area (Å²) in [4.78, 5) is 26.2. The van der Waals surface area contributed by atoms with Crippen LogP contribution in [0, 0.1) is 0 Å². The Labute approximate surface area is 90.9 Å². The van der Waals surface area contributed by atoms with E-state index in [4.69, 9.17) is 5.73 Å². The number of anilines is 1. The number of aromatic nitrogens is 2. The van der Waals surface area contributed by atoms with Gasteiger partial charge in [0.1, 0.15) is 6.54 Å². The molecule has 86 valence electrons. The van der Waals surface area contributed by atoms with E-state index in [-0.39, 0.29) is 24.0 Å². The molecule has 0 aromatic carbocycles. The molecule has 1 aliphatic heterocycles. The number of piperazine rings is 1. The highest BCUT2D eigenvalue weighted by molar-refractivity contribution is 5.98. The minimum absolute atomic E-state index is 0.0294. The largest absolute Gasteiger partial charge is 0.379 e. The van der Waals surface area contributed by atoms with E-state index in [1.807, 2.05) is 0 Å². The Morgan fingerprint density at radius 3 is 2.75 bits per heavy atom. The number of nitrogen functional groups attached to an aromatic ring is 1. The third-order valence-electron chi connectivity index (χ3n) is 2.46. The number of hydrogen-bond donors (Lipinski definition) is 1. The molecule has 2 N–H and O–H groups in total. The van der Waals surface area contributed by atoms with Crippen molar-refractivity contribution >= 4 is 17.6 Å². The first kappa shape index (κ1) is 10.4. The Morgan fingerprint density at radius 2 is 2.19 bits per heavy atom. The van der Waals surface area contributed by atoms with Gasteiger partial charge in [-0.05, 0) is 10.3 Å². The first-order valence-electron chi connectivity index (χ1n) is 4.71. The van der Waals surface area contributed by atoms with Crippen LogP contribution in [0.5, 0.6) is 0 Å². The van der Waals surface area contributed by atoms with Gasteiger partial charge in [0, 0.05) is 20.1 Å². The van der Waals surface area contributed by atoms with Gasteiger partial charge in [-0.2, -0.15) is 0 Å². The topological polar surface area (TPSA) is 106 Å². The van der Waals surface area contributed by atoms with Gasteiger partial charge in [0.05, 0.1) is 0 Å². The lowest BCUT2D eigenvalue weighted by atomic mass is 10.3. The van der Waals surface area contributed by atoms with Crippen LogP contribution in [0.15, 0.2) is 4.63 Å². The maximum Gasteiger partial charge on any atom is 0.280 e. The summed E-state index contributed by atoms with van der Waals surface area (Å²) in [7, 11) is 1.69. The molecule has 1 aliphatic rings. The lowest BCUT2D eigenvalue weighted by Crippen LogP contribution is -2.50. The molecule has 2 heterocycles. The summed E-state index contributed by atoms with van der Waals surface area (Å²) >= 11 is 0. The smallest absolute Gasteiger partial charge is 0.280 e. The van der Waals surface area contributed by atoms with Crippen molar-refractivity contribution in [1.29, 1.82) is 0 Å². The molecule has 0 bridgehead atoms. The second kappa shape index (κ2) is 3.80. The van der Waals surface area contributed by atoms with Gasteiger partial charge in [0.25, 0.3) is 5.91 Å². The number of nitrogens with two attached hydrogens (primary N) is 1. The normalized spacial score (nSPS) is 16.7. The maximum absolute atomic E-state index is 11.8. The van der Waals surface area contributed by atoms with Gasteiger partial charge in [-0.25, -0.2) is 4.63 Å². The van der Waals surface area contributed by atoms with Gasteiger partial charge in [0.15, 0.2) is 0 Å². The zero-order chi connectivity index (χ0) is 11.7. The second-order valence-corrected chi connectivity index (χ2v) is 3.54. The molecule has 2 rings (SSSR count). The highest BCUT2D eigenvalue weighted by atomic mass is 16.6. The Hall–Kier alpha value is -2.12. The number of carbonyl (C=O) groups is 2. The monoisotopic (exact) mass is 225 g/mol. The summed E-state index contributed by atoms with van der Waals surface area (Å²) in [6.07, 6.45) is 0. The molecule has 1 saturated heterocycles. The van der Waals surface area contributed by atoms with Crippen LogP contribution in [-0.2, 0) is 4.79 Å². The first-order valence-corrected chi connectivity index (χ1v) is 4.71. The molecule has 8 heteroatoms. The molecule has 0 spiro atoms. The molecule has 0 radical (unpaired) electrons. The van der Waals surface area contributed by atoms with Crippen molar-refractivity contribution in [2.45, 2.75) is 0 Å². The van der Waals surface area contributed by atoms with Crippen LogP contribution in [0.2, 0.25) is 0 Å². The molecule has 16 heavy (non-hydrogen) atoms. The van der Waals surface area contributed by atoms with Crippen molar-refractivity contribution in [3.05, 3.63) is 5.69 Å². The summed E-state index contributed by atoms with van der Waals surface area (Å²) in [6, 6.07) is 0. The molecule has 0 atom stereocenters. The average Bonchev–Trinajstić information content (AvgIpc) is 2.67. The molecule has 2 amide bonds. The first-order chi connectivity index (χ1) is 7.59. The number of carbonyl (C=O) groups excluding carboxylic acids is 2. The fourth-order valence-electron chi connectivity index (χ4n) is 1.43. The van der Waals surface area contributed by atoms with Gasteiger partial charge in [-0.1, -0.05) is 0 Å². The lowest BCUT2D eigenvalue weighted by molar-refractivity contribution is -0.133. The molecule has 1 fully saturated rings. The van der Waals surface area contributed by atoms with E-state index in [2.05, 4.69) is 14.9 Å². The summed E-state index contributed by atoms with van der Waals surface area (Å²) in [5.41, 5.74) is 5.36. The number of rotatable bonds is 1. The van der Waals surface area contributed by atoms with Crippen LogP contribution in [0.1, 0.15) is 10.5 Å². The lowest BCUT2D eigenvalue weighted by Gasteiger charge is -2.31. The standard InChI is InChI=1S/C8H11N5O3/c1-12-2-3-13(4-5(12)14)8(15)6-7(9)11-16-10-6/h2-4H2,1H3,(H2,9,11). The van der Waals surface area contributed by atoms with Crippen LogP contribution in [-0.4, -0.2) is 58.6 Å². The van der Waals surface area contributed by atoms with Crippen molar-refractivity contribution in [1.82, 2.24) is 20.1 Å². The van der Waals surface area contributed by atoms with Crippen LogP contribution >= 0.6 is 0 Å². The third-order valence-corrected chi connectivity index (χ3v) is 2.46. The zero-order valence-electron chi connectivity index (χ0n) is 8.71. The van der Waals surface area contributed by atoms with E-state index >= 15 is 0 Å². The number of nitrogens with zero attached hydrogens (tertiary/aromatic N) is 4. The van der Waals surface area contributed by atoms with Crippen molar-refractivity contribution in [2.75, 3.05) is 32.4 Å². The van der Waals surface area contributed by atoms with Crippen LogP contribution < -0.4 is 5.73 Å². The Bertz CT molecular complexity index is 429. The number of likely N-dealkylation sites (N-methyl/N-ethyl adjacent to an activating group) is 1. The Balaban J connectivity index is 2.12. The van der Waals surface area contributed by atoms with Crippen LogP contribution in [0.3, 0.4) is 0 Å². The summed E-state index contributed by atoms with van der Waals surface area (Å²) < 4.78 is 4.34. The number of hydrogen-bond acceptors (Lipinski definition) is 6. The van der Waals surface area contributed by atoms with E-state index in [1.54, 1.807) is 11.9 Å². The minimum Gasteiger partial charge on any atom is -0.379 e. The van der Waals surface area contributed by atoms with Gasteiger partial charge >= 0.3 is 0 Å². The van der Waals surface area contributed by atoms with E-state index in [0.717, 1.165) is 0 Å². The molecule has 8 nitrogen and oxygen atoms in total. The van der Waals surface area contributed by atoms with Gasteiger partial charge in [0.2, 0.25) is 17.4 Å². The molecule has 0 aliphatic carbocycles. The third kappa shape index (κ3) is 1.69. The van der Waals surface area contributed by atoms with Crippen LogP contribution in [0.4, 0.5) is 5.82 Å². The van der Waals surface area contributed by atoms with Gasteiger partial charge in [-0.15, -0.1) is 0 Å². The second-order valence-electron chi connectivity index (χ2n) is 3.54. The van der Waals surface area contributed by atoms with E-state index in [1.165, 1.54) is 4.90 Å². The predicted molar refractivity (Wildman–Crippen MR) is 52.3 cm³/mol. The molecule has 0 unspecified atom stereocenters. The predicted octanol–water partition coefficient (Wildman–Crippen LogP) is -1.43. The molecular formula is C8H11N5O3. The van der Waals surface area contributed by atoms with Crippen molar-refractivity contribution < 1.29 is 14.2 Å². The maximum atomic E-state index is 11.8. The fourth-order valence-corrected chi connectivity index (χ4v) is 1.43. The number of amides is 2. The van der Waals surface area contributed by atoms with E-state index in [9.17, 15) is 9.59 Å².